The van der Waals surface area contributed by atoms with Crippen LogP contribution < -0.4 is 0 Å². The lowest BCUT2D eigenvalue weighted by molar-refractivity contribution is 0.223. The quantitative estimate of drug-likeness (QED) is 0.439. The average molecular weight is 348 g/mol. The van der Waals surface area contributed by atoms with Crippen molar-refractivity contribution in [1.29, 1.82) is 5.26 Å². The van der Waals surface area contributed by atoms with Crippen LogP contribution in [0.2, 0.25) is 16.6 Å². The average Bonchev–Trinajstić information content (AvgIpc) is 2.93. The van der Waals surface area contributed by atoms with Gasteiger partial charge in [0, 0.05) is 24.5 Å². The van der Waals surface area contributed by atoms with Crippen LogP contribution in [0.15, 0.2) is 23.3 Å². The third-order valence-corrected chi connectivity index (χ3v) is 11.6. The van der Waals surface area contributed by atoms with Crippen molar-refractivity contribution < 1.29 is 4.43 Å². The molecule has 0 saturated heterocycles. The van der Waals surface area contributed by atoms with E-state index in [1.807, 2.05) is 0 Å². The molecule has 0 bridgehead atoms. The summed E-state index contributed by atoms with van der Waals surface area (Å²) in [7, 11) is -1.85. The van der Waals surface area contributed by atoms with Crippen LogP contribution in [-0.2, 0) is 4.43 Å². The first-order valence-corrected chi connectivity index (χ1v) is 11.7. The molecule has 1 aliphatic rings. The minimum absolute atomic E-state index is 0.349. The molecule has 0 fully saturated rings. The van der Waals surface area contributed by atoms with E-state index in [4.69, 9.17) is 4.43 Å². The van der Waals surface area contributed by atoms with Gasteiger partial charge >= 0.3 is 0 Å². The maximum atomic E-state index is 9.43. The molecule has 0 radical (unpaired) electrons. The predicted octanol–water partition coefficient (Wildman–Crippen LogP) is 6.62. The van der Waals surface area contributed by atoms with Crippen molar-refractivity contribution in [2.45, 2.75) is 84.9 Å². The van der Waals surface area contributed by atoms with Gasteiger partial charge in [-0.05, 0) is 34.5 Å². The summed E-state index contributed by atoms with van der Waals surface area (Å²) in [4.78, 5) is 0. The van der Waals surface area contributed by atoms with E-state index in [1.165, 1.54) is 5.57 Å². The van der Waals surface area contributed by atoms with Gasteiger partial charge in [-0.3, -0.25) is 0 Å². The summed E-state index contributed by atoms with van der Waals surface area (Å²) in [5.74, 6) is 0.954. The Kier molecular flexibility index (Phi) is 7.96. The normalized spacial score (nSPS) is 16.8. The van der Waals surface area contributed by atoms with Crippen molar-refractivity contribution in [3.8, 4) is 6.07 Å². The Morgan fingerprint density at radius 1 is 1.04 bits per heavy atom. The molecular formula is C21H37NOSi. The number of allylic oxidation sites excluding steroid dienone is 3. The second kappa shape index (κ2) is 9.01. The van der Waals surface area contributed by atoms with Crippen molar-refractivity contribution in [1.82, 2.24) is 0 Å². The van der Waals surface area contributed by atoms with Crippen molar-refractivity contribution in [2.75, 3.05) is 6.61 Å². The van der Waals surface area contributed by atoms with Crippen LogP contribution in [0.1, 0.15) is 68.2 Å². The maximum absolute atomic E-state index is 9.43. The number of nitrogens with zero attached hydrogens (tertiary/aromatic N) is 1. The van der Waals surface area contributed by atoms with Crippen LogP contribution >= 0.6 is 0 Å². The molecule has 3 heteroatoms. The third-order valence-electron chi connectivity index (χ3n) is 5.54. The Labute approximate surface area is 151 Å². The molecule has 0 aromatic heterocycles. The van der Waals surface area contributed by atoms with Crippen LogP contribution in [0.5, 0.6) is 0 Å². The van der Waals surface area contributed by atoms with E-state index in [2.05, 4.69) is 73.6 Å². The van der Waals surface area contributed by atoms with Gasteiger partial charge in [-0.15, -0.1) is 0 Å². The molecule has 0 saturated carbocycles. The first-order valence-electron chi connectivity index (χ1n) is 9.60. The Balaban J connectivity index is 3.07. The highest BCUT2D eigenvalue weighted by Crippen LogP contribution is 2.43. The molecular weight excluding hydrogens is 310 g/mol. The molecule has 0 unspecified atom stereocenters. The first kappa shape index (κ1) is 21.2. The Bertz CT molecular complexity index is 487. The SMILES string of the molecule is CC(C)C[C@@H](CO[Si](C(C)C)(C(C)C)C(C)C)C1=C(C#N)CC=C1. The second-order valence-corrected chi connectivity index (χ2v) is 14.1. The summed E-state index contributed by atoms with van der Waals surface area (Å²) < 4.78 is 6.84. The highest BCUT2D eigenvalue weighted by atomic mass is 28.4. The smallest absolute Gasteiger partial charge is 0.200 e. The molecule has 1 rings (SSSR count). The van der Waals surface area contributed by atoms with Crippen LogP contribution in [0.25, 0.3) is 0 Å². The molecule has 0 aromatic carbocycles. The van der Waals surface area contributed by atoms with Gasteiger partial charge in [0.05, 0.1) is 6.07 Å². The van der Waals surface area contributed by atoms with E-state index in [0.29, 0.717) is 28.5 Å². The van der Waals surface area contributed by atoms with Gasteiger partial charge in [0.1, 0.15) is 0 Å². The van der Waals surface area contributed by atoms with Crippen LogP contribution in [0.3, 0.4) is 0 Å². The van der Waals surface area contributed by atoms with Crippen molar-refractivity contribution >= 4 is 8.32 Å². The molecule has 136 valence electrons. The fourth-order valence-electron chi connectivity index (χ4n) is 4.61. The summed E-state index contributed by atoms with van der Waals surface area (Å²) in [6, 6.07) is 2.41. The summed E-state index contributed by atoms with van der Waals surface area (Å²) in [6.45, 7) is 19.3. The molecule has 2 nitrogen and oxygen atoms in total. The molecule has 24 heavy (non-hydrogen) atoms. The van der Waals surface area contributed by atoms with Crippen molar-refractivity contribution in [3.05, 3.63) is 23.3 Å². The first-order chi connectivity index (χ1) is 11.2. The van der Waals surface area contributed by atoms with Crippen LogP contribution in [-0.4, -0.2) is 14.9 Å². The molecule has 0 aromatic rings. The standard InChI is InChI=1S/C21H37NOSi/c1-15(2)12-20(21-11-9-10-19(21)13-22)14-23-24(16(3)4,17(5)6)18(7)8/h9,11,15-18,20H,10,12,14H2,1-8H3/t20-/m0/s1. The zero-order chi connectivity index (χ0) is 18.5. The van der Waals surface area contributed by atoms with Crippen LogP contribution in [0, 0.1) is 23.2 Å². The molecule has 0 heterocycles. The molecule has 0 amide bonds. The summed E-state index contributed by atoms with van der Waals surface area (Å²) in [5.41, 5.74) is 3.96. The Morgan fingerprint density at radius 3 is 2.00 bits per heavy atom. The highest BCUT2D eigenvalue weighted by Gasteiger charge is 2.45. The van der Waals surface area contributed by atoms with E-state index in [-0.39, 0.29) is 0 Å². The minimum atomic E-state index is -1.85. The van der Waals surface area contributed by atoms with Crippen LogP contribution in [0.4, 0.5) is 0 Å². The summed E-state index contributed by atoms with van der Waals surface area (Å²) >= 11 is 0. The zero-order valence-corrected chi connectivity index (χ0v) is 18.0. The zero-order valence-electron chi connectivity index (χ0n) is 17.0. The van der Waals surface area contributed by atoms with Crippen molar-refractivity contribution in [3.63, 3.8) is 0 Å². The minimum Gasteiger partial charge on any atom is -0.415 e. The van der Waals surface area contributed by atoms with Crippen molar-refractivity contribution in [2.24, 2.45) is 11.8 Å². The second-order valence-electron chi connectivity index (χ2n) is 8.61. The van der Waals surface area contributed by atoms with Gasteiger partial charge in [0.15, 0.2) is 8.32 Å². The summed E-state index contributed by atoms with van der Waals surface area (Å²) in [5, 5.41) is 9.43. The molecule has 1 aliphatic carbocycles. The van der Waals surface area contributed by atoms with Gasteiger partial charge in [-0.2, -0.15) is 5.26 Å². The number of hydrogen-bond donors (Lipinski definition) is 0. The van der Waals surface area contributed by atoms with E-state index >= 15 is 0 Å². The summed E-state index contributed by atoms with van der Waals surface area (Å²) in [6.07, 6.45) is 6.17. The van der Waals surface area contributed by atoms with E-state index in [1.54, 1.807) is 0 Å². The fraction of sp³-hybridized carbons (Fsp3) is 0.762. The lowest BCUT2D eigenvalue weighted by atomic mass is 9.89. The molecule has 0 aliphatic heterocycles. The molecule has 1 atom stereocenters. The Morgan fingerprint density at radius 2 is 1.58 bits per heavy atom. The van der Waals surface area contributed by atoms with Gasteiger partial charge in [0.25, 0.3) is 0 Å². The maximum Gasteiger partial charge on any atom is 0.200 e. The van der Waals surface area contributed by atoms with Gasteiger partial charge < -0.3 is 4.43 Å². The monoisotopic (exact) mass is 347 g/mol. The highest BCUT2D eigenvalue weighted by molar-refractivity contribution is 6.77. The van der Waals surface area contributed by atoms with Gasteiger partial charge in [0.2, 0.25) is 0 Å². The lowest BCUT2D eigenvalue weighted by Gasteiger charge is -2.43. The lowest BCUT2D eigenvalue weighted by Crippen LogP contribution is -2.48. The van der Waals surface area contributed by atoms with Gasteiger partial charge in [-0.1, -0.05) is 67.5 Å². The molecule has 0 N–H and O–H groups in total. The van der Waals surface area contributed by atoms with E-state index in [9.17, 15) is 5.26 Å². The number of nitriles is 1. The molecule has 0 spiro atoms. The Hall–Kier alpha value is -0.853. The van der Waals surface area contributed by atoms with E-state index in [0.717, 1.165) is 25.0 Å². The topological polar surface area (TPSA) is 33.0 Å². The predicted molar refractivity (Wildman–Crippen MR) is 106 cm³/mol. The number of hydrogen-bond acceptors (Lipinski definition) is 2. The van der Waals surface area contributed by atoms with Gasteiger partial charge in [-0.25, -0.2) is 0 Å². The largest absolute Gasteiger partial charge is 0.415 e. The van der Waals surface area contributed by atoms with E-state index < -0.39 is 8.32 Å². The fourth-order valence-corrected chi connectivity index (χ4v) is 10.1. The number of rotatable bonds is 9. The third kappa shape index (κ3) is 4.61.